The summed E-state index contributed by atoms with van der Waals surface area (Å²) >= 11 is 0. The fraction of sp³-hybridized carbons (Fsp3) is 0.0303. The van der Waals surface area contributed by atoms with Gasteiger partial charge in [-0.1, -0.05) is 97.1 Å². The smallest absolute Gasteiger partial charge is 0.0582 e. The molecular weight excluding hydrogens is 410 g/mol. The van der Waals surface area contributed by atoms with Gasteiger partial charge >= 0.3 is 0 Å². The van der Waals surface area contributed by atoms with Crippen LogP contribution < -0.4 is 0 Å². The van der Waals surface area contributed by atoms with Crippen molar-refractivity contribution in [2.24, 2.45) is 0 Å². The number of para-hydroxylation sites is 2. The van der Waals surface area contributed by atoms with Crippen LogP contribution in [0.3, 0.4) is 0 Å². The molecule has 1 aromatic heterocycles. The second-order valence-electron chi connectivity index (χ2n) is 9.30. The monoisotopic (exact) mass is 431 g/mol. The molecule has 7 aromatic rings. The van der Waals surface area contributed by atoms with Gasteiger partial charge in [-0.05, 0) is 62.0 Å². The molecule has 8 rings (SSSR count). The van der Waals surface area contributed by atoms with E-state index < -0.39 is 0 Å². The van der Waals surface area contributed by atoms with Crippen molar-refractivity contribution in [3.05, 3.63) is 126 Å². The van der Waals surface area contributed by atoms with Crippen molar-refractivity contribution in [3.8, 4) is 16.8 Å². The van der Waals surface area contributed by atoms with Crippen LogP contribution in [-0.4, -0.2) is 4.57 Å². The Balaban J connectivity index is 1.57. The Morgan fingerprint density at radius 2 is 1.06 bits per heavy atom. The number of aromatic nitrogens is 1. The molecule has 0 radical (unpaired) electrons. The topological polar surface area (TPSA) is 4.93 Å². The van der Waals surface area contributed by atoms with Crippen LogP contribution in [0.5, 0.6) is 0 Å². The summed E-state index contributed by atoms with van der Waals surface area (Å²) in [6, 6.07) is 42.1. The van der Waals surface area contributed by atoms with E-state index in [1.54, 1.807) is 0 Å². The van der Waals surface area contributed by atoms with E-state index in [0.717, 1.165) is 6.42 Å². The summed E-state index contributed by atoms with van der Waals surface area (Å²) < 4.78 is 2.47. The SMILES string of the molecule is c1ccc(-n2c3ccccc3c3ccc4c(c32)Cc2c-4c3ccccc3c3ccccc23)cc1. The number of fused-ring (bicyclic) bond motifs is 12. The van der Waals surface area contributed by atoms with E-state index in [9.17, 15) is 0 Å². The number of hydrogen-bond acceptors (Lipinski definition) is 0. The zero-order chi connectivity index (χ0) is 22.2. The van der Waals surface area contributed by atoms with Gasteiger partial charge in [0.15, 0.2) is 0 Å². The number of hydrogen-bond donors (Lipinski definition) is 0. The summed E-state index contributed by atoms with van der Waals surface area (Å²) in [7, 11) is 0. The van der Waals surface area contributed by atoms with Crippen LogP contribution in [0, 0.1) is 0 Å². The highest BCUT2D eigenvalue weighted by atomic mass is 15.0. The van der Waals surface area contributed by atoms with Crippen molar-refractivity contribution in [1.29, 1.82) is 0 Å². The normalized spacial score (nSPS) is 12.6. The molecule has 0 saturated carbocycles. The molecule has 158 valence electrons. The molecule has 34 heavy (non-hydrogen) atoms. The lowest BCUT2D eigenvalue weighted by atomic mass is 9.91. The third-order valence-corrected chi connectivity index (χ3v) is 7.62. The third kappa shape index (κ3) is 2.24. The zero-order valence-corrected chi connectivity index (χ0v) is 18.6. The predicted octanol–water partition coefficient (Wildman–Crippen LogP) is 8.66. The molecule has 0 aliphatic heterocycles. The van der Waals surface area contributed by atoms with Crippen molar-refractivity contribution in [2.45, 2.75) is 6.42 Å². The molecular formula is C33H21N. The molecule has 1 heteroatoms. The lowest BCUT2D eigenvalue weighted by molar-refractivity contribution is 1.15. The van der Waals surface area contributed by atoms with Crippen molar-refractivity contribution >= 4 is 43.4 Å². The maximum atomic E-state index is 2.47. The first-order valence-electron chi connectivity index (χ1n) is 11.9. The van der Waals surface area contributed by atoms with Crippen LogP contribution in [0.4, 0.5) is 0 Å². The molecule has 6 aromatic carbocycles. The van der Waals surface area contributed by atoms with Gasteiger partial charge in [0.2, 0.25) is 0 Å². The molecule has 0 amide bonds. The standard InChI is InChI=1S/C33H21N/c1-2-10-21(11-3-1)34-31-17-9-8-15-25(31)28-19-18-27-30(33(28)34)20-29-24-14-5-4-12-22(24)23-13-6-7-16-26(23)32(27)29/h1-19H,20H2. The minimum absolute atomic E-state index is 0.955. The van der Waals surface area contributed by atoms with Gasteiger partial charge in [0.25, 0.3) is 0 Å². The fourth-order valence-corrected chi connectivity index (χ4v) is 6.27. The van der Waals surface area contributed by atoms with Gasteiger partial charge in [0.1, 0.15) is 0 Å². The second-order valence-corrected chi connectivity index (χ2v) is 9.30. The van der Waals surface area contributed by atoms with E-state index in [1.807, 2.05) is 0 Å². The highest BCUT2D eigenvalue weighted by Crippen LogP contribution is 2.49. The quantitative estimate of drug-likeness (QED) is 0.229. The number of benzene rings is 6. The van der Waals surface area contributed by atoms with Gasteiger partial charge in [-0.25, -0.2) is 0 Å². The summed E-state index contributed by atoms with van der Waals surface area (Å²) in [6.07, 6.45) is 0.955. The Morgan fingerprint density at radius 1 is 0.441 bits per heavy atom. The van der Waals surface area contributed by atoms with E-state index in [0.29, 0.717) is 0 Å². The Kier molecular flexibility index (Phi) is 3.51. The molecule has 0 bridgehead atoms. The van der Waals surface area contributed by atoms with E-state index >= 15 is 0 Å². The first kappa shape index (κ1) is 18.1. The summed E-state index contributed by atoms with van der Waals surface area (Å²) in [5, 5.41) is 8.08. The molecule has 0 fully saturated rings. The van der Waals surface area contributed by atoms with E-state index in [4.69, 9.17) is 0 Å². The van der Waals surface area contributed by atoms with Gasteiger partial charge in [0, 0.05) is 22.9 Å². The van der Waals surface area contributed by atoms with Crippen LogP contribution in [0.25, 0.3) is 60.2 Å². The lowest BCUT2D eigenvalue weighted by Crippen LogP contribution is -1.96. The van der Waals surface area contributed by atoms with Crippen LogP contribution >= 0.6 is 0 Å². The molecule has 1 aliphatic rings. The Morgan fingerprint density at radius 3 is 1.85 bits per heavy atom. The maximum Gasteiger partial charge on any atom is 0.0582 e. The van der Waals surface area contributed by atoms with Gasteiger partial charge in [0.05, 0.1) is 11.0 Å². The molecule has 1 heterocycles. The fourth-order valence-electron chi connectivity index (χ4n) is 6.27. The summed E-state index contributed by atoms with van der Waals surface area (Å²) in [4.78, 5) is 0. The van der Waals surface area contributed by atoms with E-state index in [-0.39, 0.29) is 0 Å². The molecule has 0 atom stereocenters. The average molecular weight is 432 g/mol. The molecule has 0 unspecified atom stereocenters. The van der Waals surface area contributed by atoms with Crippen molar-refractivity contribution in [1.82, 2.24) is 4.57 Å². The Hall–Kier alpha value is -4.36. The number of nitrogens with zero attached hydrogens (tertiary/aromatic N) is 1. The zero-order valence-electron chi connectivity index (χ0n) is 18.6. The first-order chi connectivity index (χ1) is 16.9. The maximum absolute atomic E-state index is 2.47. The first-order valence-corrected chi connectivity index (χ1v) is 11.9. The Labute approximate surface area is 197 Å². The van der Waals surface area contributed by atoms with Crippen LogP contribution in [0.15, 0.2) is 115 Å². The minimum Gasteiger partial charge on any atom is -0.309 e. The molecule has 0 saturated heterocycles. The van der Waals surface area contributed by atoms with Crippen LogP contribution in [0.1, 0.15) is 11.1 Å². The minimum atomic E-state index is 0.955. The van der Waals surface area contributed by atoms with Gasteiger partial charge in [-0.15, -0.1) is 0 Å². The van der Waals surface area contributed by atoms with Gasteiger partial charge < -0.3 is 4.57 Å². The number of rotatable bonds is 1. The van der Waals surface area contributed by atoms with Crippen molar-refractivity contribution in [3.63, 3.8) is 0 Å². The molecule has 1 aliphatic carbocycles. The summed E-state index contributed by atoms with van der Waals surface area (Å²) in [5.74, 6) is 0. The summed E-state index contributed by atoms with van der Waals surface area (Å²) in [5.41, 5.74) is 9.51. The summed E-state index contributed by atoms with van der Waals surface area (Å²) in [6.45, 7) is 0. The predicted molar refractivity (Wildman–Crippen MR) is 144 cm³/mol. The van der Waals surface area contributed by atoms with Crippen LogP contribution in [0.2, 0.25) is 0 Å². The molecule has 1 nitrogen and oxygen atoms in total. The highest BCUT2D eigenvalue weighted by Gasteiger charge is 2.28. The van der Waals surface area contributed by atoms with Crippen LogP contribution in [-0.2, 0) is 6.42 Å². The van der Waals surface area contributed by atoms with Crippen molar-refractivity contribution < 1.29 is 0 Å². The highest BCUT2D eigenvalue weighted by molar-refractivity contribution is 6.20. The molecule has 0 N–H and O–H groups in total. The third-order valence-electron chi connectivity index (χ3n) is 7.62. The van der Waals surface area contributed by atoms with E-state index in [2.05, 4.69) is 120 Å². The average Bonchev–Trinajstić information content (AvgIpc) is 3.46. The van der Waals surface area contributed by atoms with E-state index in [1.165, 1.54) is 71.3 Å². The van der Waals surface area contributed by atoms with Gasteiger partial charge in [-0.3, -0.25) is 0 Å². The van der Waals surface area contributed by atoms with Crippen molar-refractivity contribution in [2.75, 3.05) is 0 Å². The lowest BCUT2D eigenvalue weighted by Gasteiger charge is -2.12. The molecule has 0 spiro atoms. The largest absolute Gasteiger partial charge is 0.309 e. The second kappa shape index (κ2) is 6.59. The van der Waals surface area contributed by atoms with Gasteiger partial charge in [-0.2, -0.15) is 0 Å². The Bertz CT molecular complexity index is 1920.